The number of hydrogen-bond acceptors (Lipinski definition) is 5. The molecule has 218 valence electrons. The first kappa shape index (κ1) is 28.3. The van der Waals surface area contributed by atoms with Crippen molar-refractivity contribution >= 4 is 39.9 Å². The molecule has 4 aromatic rings. The van der Waals surface area contributed by atoms with E-state index in [2.05, 4.69) is 52.7 Å². The van der Waals surface area contributed by atoms with E-state index >= 15 is 0 Å². The minimum absolute atomic E-state index is 0.126. The number of carbonyl (C=O) groups is 1. The molecule has 0 amide bonds. The van der Waals surface area contributed by atoms with Crippen molar-refractivity contribution in [3.8, 4) is 11.5 Å². The quantitative estimate of drug-likeness (QED) is 0.230. The van der Waals surface area contributed by atoms with Gasteiger partial charge >= 0.3 is 5.97 Å². The van der Waals surface area contributed by atoms with E-state index in [1.54, 1.807) is 12.3 Å². The van der Waals surface area contributed by atoms with Crippen molar-refractivity contribution in [2.75, 3.05) is 31.1 Å². The Balaban J connectivity index is 1.20. The van der Waals surface area contributed by atoms with Gasteiger partial charge in [0, 0.05) is 60.6 Å². The third kappa shape index (κ3) is 6.03. The van der Waals surface area contributed by atoms with Gasteiger partial charge in [0.15, 0.2) is 0 Å². The molecule has 1 saturated heterocycles. The number of aromatic nitrogens is 2. The second-order valence-corrected chi connectivity index (χ2v) is 12.8. The number of nitrogens with one attached hydrogen (secondary N) is 1. The fourth-order valence-electron chi connectivity index (χ4n) is 6.35. The Bertz CT molecular complexity index is 1640. The lowest BCUT2D eigenvalue weighted by Crippen LogP contribution is -2.52. The highest BCUT2D eigenvalue weighted by molar-refractivity contribution is 6.30. The topological polar surface area (TPSA) is 81.7 Å². The fraction of sp³-hybridized carbons (Fsp3) is 0.353. The predicted octanol–water partition coefficient (Wildman–Crippen LogP) is 7.88. The normalized spacial score (nSPS) is 19.3. The molecule has 1 aliphatic carbocycles. The number of fused-ring (bicyclic) bond motifs is 1. The Hall–Kier alpha value is -3.81. The number of allylic oxidation sites excluding steroid dienone is 1. The van der Waals surface area contributed by atoms with Crippen LogP contribution >= 0.6 is 11.6 Å². The molecule has 2 aromatic heterocycles. The molecular formula is C34H37ClN4O3. The van der Waals surface area contributed by atoms with Gasteiger partial charge in [-0.2, -0.15) is 0 Å². The summed E-state index contributed by atoms with van der Waals surface area (Å²) in [5.41, 5.74) is 6.41. The average molecular weight is 585 g/mol. The number of ether oxygens (including phenoxy) is 1. The number of carboxylic acids is 1. The highest BCUT2D eigenvalue weighted by Gasteiger charge is 2.31. The molecular weight excluding hydrogens is 548 g/mol. The zero-order chi connectivity index (χ0) is 29.4. The maximum atomic E-state index is 12.0. The summed E-state index contributed by atoms with van der Waals surface area (Å²) in [6.07, 6.45) is 6.80. The Morgan fingerprint density at radius 3 is 2.71 bits per heavy atom. The monoisotopic (exact) mass is 584 g/mol. The molecule has 42 heavy (non-hydrogen) atoms. The molecule has 6 rings (SSSR count). The van der Waals surface area contributed by atoms with Crippen molar-refractivity contribution in [3.05, 3.63) is 88.7 Å². The van der Waals surface area contributed by atoms with E-state index < -0.39 is 5.97 Å². The number of anilines is 1. The summed E-state index contributed by atoms with van der Waals surface area (Å²) in [6, 6.07) is 17.7. The maximum absolute atomic E-state index is 12.0. The summed E-state index contributed by atoms with van der Waals surface area (Å²) in [5, 5.41) is 11.5. The lowest BCUT2D eigenvalue weighted by atomic mass is 9.72. The third-order valence-corrected chi connectivity index (χ3v) is 8.89. The van der Waals surface area contributed by atoms with E-state index in [-0.39, 0.29) is 17.0 Å². The van der Waals surface area contributed by atoms with Gasteiger partial charge in [0.2, 0.25) is 0 Å². The summed E-state index contributed by atoms with van der Waals surface area (Å²) < 4.78 is 6.11. The van der Waals surface area contributed by atoms with Gasteiger partial charge in [0.1, 0.15) is 22.7 Å². The van der Waals surface area contributed by atoms with E-state index in [1.165, 1.54) is 23.1 Å². The zero-order valence-electron chi connectivity index (χ0n) is 24.4. The molecule has 2 aromatic carbocycles. The van der Waals surface area contributed by atoms with Gasteiger partial charge in [-0.1, -0.05) is 43.2 Å². The third-order valence-electron chi connectivity index (χ3n) is 8.63. The Labute approximate surface area is 251 Å². The summed E-state index contributed by atoms with van der Waals surface area (Å²) in [6.45, 7) is 10.6. The van der Waals surface area contributed by atoms with Gasteiger partial charge in [0.05, 0.1) is 6.20 Å². The number of H-pyrrole nitrogens is 1. The van der Waals surface area contributed by atoms with Gasteiger partial charge in [-0.15, -0.1) is 0 Å². The molecule has 1 fully saturated rings. The lowest BCUT2D eigenvalue weighted by molar-refractivity contribution is 0.0694. The largest absolute Gasteiger partial charge is 0.478 e. The first-order chi connectivity index (χ1) is 20.1. The predicted molar refractivity (Wildman–Crippen MR) is 169 cm³/mol. The average Bonchev–Trinajstić information content (AvgIpc) is 3.42. The van der Waals surface area contributed by atoms with Crippen LogP contribution in [0.3, 0.4) is 0 Å². The van der Waals surface area contributed by atoms with Gasteiger partial charge in [-0.25, -0.2) is 9.78 Å². The molecule has 3 heterocycles. The molecule has 7 nitrogen and oxygen atoms in total. The van der Waals surface area contributed by atoms with Gasteiger partial charge in [-0.05, 0) is 79.1 Å². The number of piperazine rings is 1. The van der Waals surface area contributed by atoms with E-state index in [9.17, 15) is 9.90 Å². The van der Waals surface area contributed by atoms with E-state index in [0.717, 1.165) is 60.8 Å². The van der Waals surface area contributed by atoms with Crippen molar-refractivity contribution in [3.63, 3.8) is 0 Å². The van der Waals surface area contributed by atoms with Gasteiger partial charge < -0.3 is 19.7 Å². The van der Waals surface area contributed by atoms with Crippen molar-refractivity contribution in [1.29, 1.82) is 0 Å². The first-order valence-corrected chi connectivity index (χ1v) is 15.0. The highest BCUT2D eigenvalue weighted by Crippen LogP contribution is 2.43. The molecule has 1 aliphatic heterocycles. The number of rotatable bonds is 7. The second kappa shape index (κ2) is 11.5. The molecule has 0 spiro atoms. The first-order valence-electron chi connectivity index (χ1n) is 14.6. The van der Waals surface area contributed by atoms with E-state index in [4.69, 9.17) is 16.3 Å². The number of pyridine rings is 1. The number of carboxylic acid groups (broad SMARTS) is 1. The SMILES string of the molecule is CC1CN(CC2=C(c3ccc(Cl)cc3)CC(C)(C)CC2)CCN1c1ccc(C(=O)O)c(Oc2cnc3[nH]ccc3c2)c1. The molecule has 0 bridgehead atoms. The van der Waals surface area contributed by atoms with Crippen molar-refractivity contribution in [2.45, 2.75) is 46.1 Å². The van der Waals surface area contributed by atoms with Crippen molar-refractivity contribution < 1.29 is 14.6 Å². The zero-order valence-corrected chi connectivity index (χ0v) is 25.1. The van der Waals surface area contributed by atoms with E-state index in [0.29, 0.717) is 11.5 Å². The molecule has 0 saturated carbocycles. The second-order valence-electron chi connectivity index (χ2n) is 12.4. The number of benzene rings is 2. The molecule has 1 unspecified atom stereocenters. The molecule has 2 N–H and O–H groups in total. The van der Waals surface area contributed by atoms with Crippen LogP contribution in [0.15, 0.2) is 72.6 Å². The Morgan fingerprint density at radius 2 is 1.95 bits per heavy atom. The molecule has 8 heteroatoms. The van der Waals surface area contributed by atoms with Gasteiger partial charge in [0.25, 0.3) is 0 Å². The summed E-state index contributed by atoms with van der Waals surface area (Å²) in [7, 11) is 0. The lowest BCUT2D eigenvalue weighted by Gasteiger charge is -2.43. The van der Waals surface area contributed by atoms with E-state index in [1.807, 2.05) is 42.6 Å². The molecule has 2 aliphatic rings. The molecule has 0 radical (unpaired) electrons. The van der Waals surface area contributed by atoms with Crippen LogP contribution in [0.25, 0.3) is 16.6 Å². The standard InChI is InChI=1S/C34H37ClN4O3/c1-22-20-38(21-25-10-12-34(2,3)18-30(25)23-4-6-26(35)7-5-23)14-15-39(22)27-8-9-29(33(40)41)31(17-27)42-28-16-24-11-13-36-32(24)37-19-28/h4-9,11,13,16-17,19,22H,10,12,14-15,18,20-21H2,1-3H3,(H,36,37)(H,40,41). The van der Waals surface area contributed by atoms with Crippen LogP contribution in [0.5, 0.6) is 11.5 Å². The van der Waals surface area contributed by atoms with Crippen molar-refractivity contribution in [2.24, 2.45) is 5.41 Å². The summed E-state index contributed by atoms with van der Waals surface area (Å²) >= 11 is 6.20. The number of nitrogens with zero attached hydrogens (tertiary/aromatic N) is 3. The highest BCUT2D eigenvalue weighted by atomic mass is 35.5. The van der Waals surface area contributed by atoms with Crippen LogP contribution in [0.1, 0.15) is 56.0 Å². The van der Waals surface area contributed by atoms with Crippen LogP contribution in [-0.2, 0) is 0 Å². The van der Waals surface area contributed by atoms with Gasteiger partial charge in [-0.3, -0.25) is 4.90 Å². The van der Waals surface area contributed by atoms with Crippen LogP contribution < -0.4 is 9.64 Å². The fourth-order valence-corrected chi connectivity index (χ4v) is 6.47. The number of hydrogen-bond donors (Lipinski definition) is 2. The number of aromatic amines is 1. The maximum Gasteiger partial charge on any atom is 0.339 e. The summed E-state index contributed by atoms with van der Waals surface area (Å²) in [4.78, 5) is 24.4. The smallest absolute Gasteiger partial charge is 0.339 e. The minimum atomic E-state index is -1.02. The minimum Gasteiger partial charge on any atom is -0.478 e. The Morgan fingerprint density at radius 1 is 1.14 bits per heavy atom. The number of halogens is 1. The van der Waals surface area contributed by atoms with Crippen LogP contribution in [0.2, 0.25) is 5.02 Å². The molecule has 1 atom stereocenters. The van der Waals surface area contributed by atoms with Crippen LogP contribution in [-0.4, -0.2) is 58.2 Å². The summed E-state index contributed by atoms with van der Waals surface area (Å²) in [5.74, 6) is -0.209. The van der Waals surface area contributed by atoms with Crippen LogP contribution in [0.4, 0.5) is 5.69 Å². The Kier molecular flexibility index (Phi) is 7.73. The van der Waals surface area contributed by atoms with Crippen molar-refractivity contribution in [1.82, 2.24) is 14.9 Å². The number of aromatic carboxylic acids is 1. The van der Waals surface area contributed by atoms with Crippen LogP contribution in [0, 0.1) is 5.41 Å².